The number of nitrogens with two attached hydrogens (primary N) is 1. The molecule has 0 fully saturated rings. The largest absolute Gasteiger partial charge is 0.507 e. The molecule has 3 rings (SSSR count). The molecule has 6 heteroatoms. The lowest BCUT2D eigenvalue weighted by Gasteiger charge is -2.08. The Balaban J connectivity index is 2.34. The van der Waals surface area contributed by atoms with Gasteiger partial charge in [0.25, 0.3) is 0 Å². The van der Waals surface area contributed by atoms with Crippen molar-refractivity contribution >= 4 is 16.6 Å². The lowest BCUT2D eigenvalue weighted by molar-refractivity contribution is 0.471. The summed E-state index contributed by atoms with van der Waals surface area (Å²) in [4.78, 5) is 3.97. The first kappa shape index (κ1) is 11.3. The van der Waals surface area contributed by atoms with Crippen LogP contribution in [0.15, 0.2) is 36.7 Å². The number of phenolic OH excluding ortho intramolecular Hbond substituents is 1. The monoisotopic (exact) mass is 256 g/mol. The zero-order chi connectivity index (χ0) is 13.4. The highest BCUT2D eigenvalue weighted by atomic mass is 19.1. The van der Waals surface area contributed by atoms with Crippen LogP contribution in [0.4, 0.5) is 10.2 Å². The molecule has 0 unspecified atom stereocenters. The summed E-state index contributed by atoms with van der Waals surface area (Å²) in [6, 6.07) is 5.45. The van der Waals surface area contributed by atoms with E-state index in [-0.39, 0.29) is 11.6 Å². The molecule has 0 aliphatic rings. The summed E-state index contributed by atoms with van der Waals surface area (Å²) in [7, 11) is 0. The van der Waals surface area contributed by atoms with Crippen LogP contribution in [0.1, 0.15) is 0 Å². The van der Waals surface area contributed by atoms with Crippen LogP contribution in [0.25, 0.3) is 22.0 Å². The van der Waals surface area contributed by atoms with Gasteiger partial charge in [0.2, 0.25) is 0 Å². The van der Waals surface area contributed by atoms with E-state index in [0.717, 1.165) is 6.07 Å². The predicted molar refractivity (Wildman–Crippen MR) is 68.8 cm³/mol. The number of halogens is 1. The van der Waals surface area contributed by atoms with Crippen LogP contribution in [0, 0.1) is 5.82 Å². The van der Waals surface area contributed by atoms with E-state index < -0.39 is 5.82 Å². The van der Waals surface area contributed by atoms with Gasteiger partial charge in [0, 0.05) is 34.8 Å². The smallest absolute Gasteiger partial charge is 0.155 e. The molecule has 0 aliphatic carbocycles. The fraction of sp³-hybridized carbons (Fsp3) is 0. The van der Waals surface area contributed by atoms with Crippen molar-refractivity contribution in [1.82, 2.24) is 15.2 Å². The molecule has 3 aromatic rings. The second-order valence-corrected chi connectivity index (χ2v) is 4.02. The number of hydrogen-bond donors (Lipinski definition) is 2. The molecule has 2 heterocycles. The Bertz CT molecular complexity index is 776. The van der Waals surface area contributed by atoms with Crippen LogP contribution in [0.5, 0.6) is 5.75 Å². The first-order valence-electron chi connectivity index (χ1n) is 5.51. The zero-order valence-electron chi connectivity index (χ0n) is 9.71. The first-order valence-corrected chi connectivity index (χ1v) is 5.51. The summed E-state index contributed by atoms with van der Waals surface area (Å²) in [5, 5.41) is 19.0. The van der Waals surface area contributed by atoms with E-state index in [2.05, 4.69) is 15.2 Å². The molecule has 0 atom stereocenters. The van der Waals surface area contributed by atoms with Crippen LogP contribution in [-0.4, -0.2) is 20.3 Å². The second kappa shape index (κ2) is 4.16. The highest BCUT2D eigenvalue weighted by Crippen LogP contribution is 2.33. The van der Waals surface area contributed by atoms with Crippen LogP contribution in [-0.2, 0) is 0 Å². The van der Waals surface area contributed by atoms with E-state index in [0.29, 0.717) is 22.0 Å². The van der Waals surface area contributed by atoms with E-state index >= 15 is 0 Å². The van der Waals surface area contributed by atoms with Crippen LogP contribution in [0.2, 0.25) is 0 Å². The second-order valence-electron chi connectivity index (χ2n) is 4.02. The minimum atomic E-state index is -0.518. The lowest BCUT2D eigenvalue weighted by atomic mass is 10.1. The Kier molecular flexibility index (Phi) is 2.49. The summed E-state index contributed by atoms with van der Waals surface area (Å²) in [5.41, 5.74) is 6.56. The summed E-state index contributed by atoms with van der Waals surface area (Å²) < 4.78 is 13.0. The molecule has 5 nitrogen and oxygen atoms in total. The van der Waals surface area contributed by atoms with Gasteiger partial charge in [-0.05, 0) is 18.2 Å². The molecule has 2 aromatic heterocycles. The van der Waals surface area contributed by atoms with Gasteiger partial charge in [-0.25, -0.2) is 4.39 Å². The quantitative estimate of drug-likeness (QED) is 0.696. The Morgan fingerprint density at radius 1 is 1.11 bits per heavy atom. The number of aromatic nitrogens is 3. The van der Waals surface area contributed by atoms with Crippen LogP contribution in [0.3, 0.4) is 0 Å². The molecule has 3 N–H and O–H groups in total. The van der Waals surface area contributed by atoms with Crippen molar-refractivity contribution in [2.45, 2.75) is 0 Å². The molecule has 0 spiro atoms. The fourth-order valence-electron chi connectivity index (χ4n) is 1.92. The van der Waals surface area contributed by atoms with Gasteiger partial charge in [-0.2, -0.15) is 0 Å². The van der Waals surface area contributed by atoms with Gasteiger partial charge in [0.15, 0.2) is 5.82 Å². The van der Waals surface area contributed by atoms with Crippen molar-refractivity contribution in [3.8, 4) is 17.0 Å². The molecular weight excluding hydrogens is 247 g/mol. The summed E-state index contributed by atoms with van der Waals surface area (Å²) in [6.45, 7) is 0. The minimum Gasteiger partial charge on any atom is -0.507 e. The molecule has 0 radical (unpaired) electrons. The summed E-state index contributed by atoms with van der Waals surface area (Å²) in [6.07, 6.45) is 3.16. The van der Waals surface area contributed by atoms with Gasteiger partial charge in [-0.3, -0.25) is 4.98 Å². The summed E-state index contributed by atoms with van der Waals surface area (Å²) in [5.74, 6) is -0.457. The molecule has 1 aromatic carbocycles. The SMILES string of the molecule is Nc1nnc(-c2ccc(F)cc2O)c2ccncc12. The van der Waals surface area contributed by atoms with Crippen molar-refractivity contribution in [3.63, 3.8) is 0 Å². The van der Waals surface area contributed by atoms with Crippen molar-refractivity contribution in [2.24, 2.45) is 0 Å². The third kappa shape index (κ3) is 1.83. The third-order valence-electron chi connectivity index (χ3n) is 2.82. The number of benzene rings is 1. The molecular formula is C13H9FN4O. The van der Waals surface area contributed by atoms with Crippen LogP contribution >= 0.6 is 0 Å². The van der Waals surface area contributed by atoms with Crippen molar-refractivity contribution < 1.29 is 9.50 Å². The normalized spacial score (nSPS) is 10.8. The lowest BCUT2D eigenvalue weighted by Crippen LogP contribution is -1.98. The zero-order valence-corrected chi connectivity index (χ0v) is 9.71. The Morgan fingerprint density at radius 2 is 1.95 bits per heavy atom. The van der Waals surface area contributed by atoms with E-state index in [9.17, 15) is 9.50 Å². The molecule has 19 heavy (non-hydrogen) atoms. The highest BCUT2D eigenvalue weighted by molar-refractivity contribution is 5.99. The molecule has 94 valence electrons. The number of hydrogen-bond acceptors (Lipinski definition) is 5. The van der Waals surface area contributed by atoms with Gasteiger partial charge in [-0.15, -0.1) is 10.2 Å². The van der Waals surface area contributed by atoms with Gasteiger partial charge in [0.05, 0.1) is 0 Å². The Morgan fingerprint density at radius 3 is 2.74 bits per heavy atom. The number of aromatic hydroxyl groups is 1. The molecule has 0 saturated carbocycles. The summed E-state index contributed by atoms with van der Waals surface area (Å²) >= 11 is 0. The van der Waals surface area contributed by atoms with E-state index in [4.69, 9.17) is 5.73 Å². The molecule has 0 aliphatic heterocycles. The van der Waals surface area contributed by atoms with E-state index in [1.165, 1.54) is 12.1 Å². The molecule has 0 saturated heterocycles. The average Bonchev–Trinajstić information content (AvgIpc) is 2.41. The average molecular weight is 256 g/mol. The number of nitrogens with zero attached hydrogens (tertiary/aromatic N) is 3. The number of pyridine rings is 1. The number of fused-ring (bicyclic) bond motifs is 1. The van der Waals surface area contributed by atoms with Crippen molar-refractivity contribution in [1.29, 1.82) is 0 Å². The first-order chi connectivity index (χ1) is 9.16. The predicted octanol–water partition coefficient (Wildman–Crippen LogP) is 2.12. The molecule has 0 amide bonds. The number of anilines is 1. The maximum absolute atomic E-state index is 13.0. The standard InChI is InChI=1S/C13H9FN4O/c14-7-1-2-9(11(19)5-7)12-8-3-4-16-6-10(8)13(15)18-17-12/h1-6,19H,(H2,15,18). The van der Waals surface area contributed by atoms with Gasteiger partial charge in [-0.1, -0.05) is 0 Å². The van der Waals surface area contributed by atoms with Gasteiger partial charge < -0.3 is 10.8 Å². The fourth-order valence-corrected chi connectivity index (χ4v) is 1.92. The number of rotatable bonds is 1. The van der Waals surface area contributed by atoms with Crippen molar-refractivity contribution in [2.75, 3.05) is 5.73 Å². The van der Waals surface area contributed by atoms with Gasteiger partial charge in [0.1, 0.15) is 17.3 Å². The third-order valence-corrected chi connectivity index (χ3v) is 2.82. The van der Waals surface area contributed by atoms with E-state index in [1.807, 2.05) is 0 Å². The number of nitrogen functional groups attached to an aromatic ring is 1. The minimum absolute atomic E-state index is 0.197. The Labute approximate surface area is 107 Å². The van der Waals surface area contributed by atoms with E-state index in [1.54, 1.807) is 18.5 Å². The maximum Gasteiger partial charge on any atom is 0.155 e. The molecule has 0 bridgehead atoms. The van der Waals surface area contributed by atoms with Gasteiger partial charge >= 0.3 is 0 Å². The van der Waals surface area contributed by atoms with Crippen LogP contribution < -0.4 is 5.73 Å². The number of phenols is 1. The highest BCUT2D eigenvalue weighted by Gasteiger charge is 2.13. The Hall–Kier alpha value is -2.76. The maximum atomic E-state index is 13.0. The topological polar surface area (TPSA) is 84.9 Å². The van der Waals surface area contributed by atoms with Crippen molar-refractivity contribution in [3.05, 3.63) is 42.5 Å².